The van der Waals surface area contributed by atoms with Crippen LogP contribution in [-0.2, 0) is 0 Å². The van der Waals surface area contributed by atoms with Crippen LogP contribution in [-0.4, -0.2) is 16.5 Å². The van der Waals surface area contributed by atoms with Crippen LogP contribution in [0.4, 0.5) is 11.5 Å². The first kappa shape index (κ1) is 14.5. The smallest absolute Gasteiger partial charge is 0.295 e. The lowest BCUT2D eigenvalue weighted by molar-refractivity contribution is -0.384. The highest BCUT2D eigenvalue weighted by molar-refractivity contribution is 5.72. The average molecular weight is 282 g/mol. The van der Waals surface area contributed by atoms with Crippen LogP contribution in [0, 0.1) is 21.4 Å². The van der Waals surface area contributed by atoms with Crippen LogP contribution in [0.5, 0.6) is 0 Å². The molecule has 1 aromatic carbocycles. The molecule has 6 heteroatoms. The number of nitro groups is 1. The molecule has 1 aromatic heterocycles. The van der Waals surface area contributed by atoms with Gasteiger partial charge < -0.3 is 5.32 Å². The zero-order chi connectivity index (χ0) is 15.2. The van der Waals surface area contributed by atoms with Gasteiger partial charge in [0.25, 0.3) is 5.69 Å². The van der Waals surface area contributed by atoms with E-state index in [4.69, 9.17) is 5.26 Å². The molecule has 0 spiro atoms. The number of anilines is 1. The van der Waals surface area contributed by atoms with E-state index in [-0.39, 0.29) is 11.4 Å². The van der Waals surface area contributed by atoms with E-state index in [1.165, 1.54) is 6.07 Å². The first-order chi connectivity index (χ1) is 10.2. The summed E-state index contributed by atoms with van der Waals surface area (Å²) in [5.74, 6) is 0.583. The predicted molar refractivity (Wildman–Crippen MR) is 79.8 cm³/mol. The van der Waals surface area contributed by atoms with Gasteiger partial charge in [-0.05, 0) is 24.6 Å². The molecule has 0 amide bonds. The minimum atomic E-state index is -0.467. The molecule has 0 unspecified atom stereocenters. The van der Waals surface area contributed by atoms with Crippen molar-refractivity contribution in [2.45, 2.75) is 13.3 Å². The van der Waals surface area contributed by atoms with E-state index in [9.17, 15) is 10.1 Å². The highest BCUT2D eigenvalue weighted by atomic mass is 16.6. The second-order valence-electron chi connectivity index (χ2n) is 4.44. The molecule has 0 atom stereocenters. The number of nitrogens with zero attached hydrogens (tertiary/aromatic N) is 3. The third kappa shape index (κ3) is 3.34. The molecule has 106 valence electrons. The standard InChI is InChI=1S/C15H14N4O2/c1-2-8-17-14-7-6-13(19(20)21)15(18-14)12-5-3-4-11(9-12)10-16/h3-7,9H,2,8H2,1H3,(H,17,18). The second-order valence-corrected chi connectivity index (χ2v) is 4.44. The average Bonchev–Trinajstić information content (AvgIpc) is 2.52. The maximum atomic E-state index is 11.2. The van der Waals surface area contributed by atoms with Gasteiger partial charge in [0, 0.05) is 18.2 Å². The zero-order valence-corrected chi connectivity index (χ0v) is 11.5. The van der Waals surface area contributed by atoms with Gasteiger partial charge >= 0.3 is 0 Å². The number of hydrogen-bond donors (Lipinski definition) is 1. The Morgan fingerprint density at radius 3 is 2.86 bits per heavy atom. The van der Waals surface area contributed by atoms with Crippen molar-refractivity contribution >= 4 is 11.5 Å². The van der Waals surface area contributed by atoms with Crippen LogP contribution in [0.25, 0.3) is 11.3 Å². The van der Waals surface area contributed by atoms with E-state index in [1.807, 2.05) is 13.0 Å². The van der Waals surface area contributed by atoms with Crippen molar-refractivity contribution < 1.29 is 4.92 Å². The number of benzene rings is 1. The minimum Gasteiger partial charge on any atom is -0.370 e. The molecule has 0 fully saturated rings. The van der Waals surface area contributed by atoms with Crippen molar-refractivity contribution in [3.8, 4) is 17.3 Å². The Morgan fingerprint density at radius 2 is 2.19 bits per heavy atom. The molecule has 1 heterocycles. The van der Waals surface area contributed by atoms with Gasteiger partial charge in [0.15, 0.2) is 5.69 Å². The van der Waals surface area contributed by atoms with E-state index in [0.29, 0.717) is 16.9 Å². The van der Waals surface area contributed by atoms with Gasteiger partial charge in [-0.15, -0.1) is 0 Å². The number of rotatable bonds is 5. The van der Waals surface area contributed by atoms with E-state index >= 15 is 0 Å². The lowest BCUT2D eigenvalue weighted by Gasteiger charge is -2.07. The number of nitrogens with one attached hydrogen (secondary N) is 1. The summed E-state index contributed by atoms with van der Waals surface area (Å²) in [5, 5.41) is 23.2. The first-order valence-electron chi connectivity index (χ1n) is 6.55. The maximum absolute atomic E-state index is 11.2. The van der Waals surface area contributed by atoms with Gasteiger partial charge in [-0.3, -0.25) is 10.1 Å². The summed E-state index contributed by atoms with van der Waals surface area (Å²) in [4.78, 5) is 15.0. The Bertz CT molecular complexity index is 707. The summed E-state index contributed by atoms with van der Waals surface area (Å²) in [6, 6.07) is 11.7. The summed E-state index contributed by atoms with van der Waals surface area (Å²) in [7, 11) is 0. The van der Waals surface area contributed by atoms with Crippen molar-refractivity contribution in [1.82, 2.24) is 4.98 Å². The molecule has 0 radical (unpaired) electrons. The van der Waals surface area contributed by atoms with Gasteiger partial charge in [-0.1, -0.05) is 19.1 Å². The molecule has 0 saturated heterocycles. The van der Waals surface area contributed by atoms with Crippen molar-refractivity contribution in [2.75, 3.05) is 11.9 Å². The largest absolute Gasteiger partial charge is 0.370 e. The predicted octanol–water partition coefficient (Wildman–Crippen LogP) is 3.35. The summed E-state index contributed by atoms with van der Waals surface area (Å²) >= 11 is 0. The van der Waals surface area contributed by atoms with Gasteiger partial charge in [0.1, 0.15) is 5.82 Å². The van der Waals surface area contributed by atoms with Crippen molar-refractivity contribution in [1.29, 1.82) is 5.26 Å². The Labute approximate surface area is 122 Å². The number of pyridine rings is 1. The highest BCUT2D eigenvalue weighted by Crippen LogP contribution is 2.29. The van der Waals surface area contributed by atoms with Crippen LogP contribution >= 0.6 is 0 Å². The molecule has 0 aliphatic rings. The lowest BCUT2D eigenvalue weighted by Crippen LogP contribution is -2.04. The molecule has 0 bridgehead atoms. The minimum absolute atomic E-state index is 0.0767. The summed E-state index contributed by atoms with van der Waals surface area (Å²) in [6.07, 6.45) is 0.928. The number of aromatic nitrogens is 1. The van der Waals surface area contributed by atoms with Crippen molar-refractivity contribution in [3.05, 3.63) is 52.1 Å². The number of hydrogen-bond acceptors (Lipinski definition) is 5. The molecule has 0 aliphatic carbocycles. The van der Waals surface area contributed by atoms with Gasteiger partial charge in [-0.2, -0.15) is 5.26 Å². The SMILES string of the molecule is CCCNc1ccc([N+](=O)[O-])c(-c2cccc(C#N)c2)n1. The van der Waals surface area contributed by atoms with E-state index < -0.39 is 4.92 Å². The normalized spacial score (nSPS) is 9.90. The van der Waals surface area contributed by atoms with E-state index in [0.717, 1.165) is 13.0 Å². The van der Waals surface area contributed by atoms with Crippen LogP contribution in [0.2, 0.25) is 0 Å². The Kier molecular flexibility index (Phi) is 4.46. The van der Waals surface area contributed by atoms with E-state index in [2.05, 4.69) is 10.3 Å². The van der Waals surface area contributed by atoms with Gasteiger partial charge in [0.2, 0.25) is 0 Å². The topological polar surface area (TPSA) is 91.9 Å². The molecular weight excluding hydrogens is 268 g/mol. The van der Waals surface area contributed by atoms with Crippen LogP contribution in [0.1, 0.15) is 18.9 Å². The van der Waals surface area contributed by atoms with Crippen LogP contribution in [0.3, 0.4) is 0 Å². The molecule has 0 aliphatic heterocycles. The zero-order valence-electron chi connectivity index (χ0n) is 11.5. The van der Waals surface area contributed by atoms with Crippen molar-refractivity contribution in [3.63, 3.8) is 0 Å². The highest BCUT2D eigenvalue weighted by Gasteiger charge is 2.18. The van der Waals surface area contributed by atoms with Gasteiger partial charge in [0.05, 0.1) is 16.6 Å². The molecule has 1 N–H and O–H groups in total. The van der Waals surface area contributed by atoms with Crippen LogP contribution in [0.15, 0.2) is 36.4 Å². The molecule has 2 rings (SSSR count). The monoisotopic (exact) mass is 282 g/mol. The Balaban J connectivity index is 2.52. The van der Waals surface area contributed by atoms with E-state index in [1.54, 1.807) is 30.3 Å². The Morgan fingerprint density at radius 1 is 1.38 bits per heavy atom. The quantitative estimate of drug-likeness (QED) is 0.670. The third-order valence-electron chi connectivity index (χ3n) is 2.89. The maximum Gasteiger partial charge on any atom is 0.295 e. The van der Waals surface area contributed by atoms with Crippen LogP contribution < -0.4 is 5.32 Å². The molecule has 0 saturated carbocycles. The molecular formula is C15H14N4O2. The molecule has 6 nitrogen and oxygen atoms in total. The first-order valence-corrected chi connectivity index (χ1v) is 6.55. The summed E-state index contributed by atoms with van der Waals surface area (Å²) < 4.78 is 0. The molecule has 21 heavy (non-hydrogen) atoms. The Hall–Kier alpha value is -2.94. The summed E-state index contributed by atoms with van der Waals surface area (Å²) in [6.45, 7) is 2.76. The fourth-order valence-corrected chi connectivity index (χ4v) is 1.90. The number of nitriles is 1. The fourth-order valence-electron chi connectivity index (χ4n) is 1.90. The van der Waals surface area contributed by atoms with Crippen molar-refractivity contribution in [2.24, 2.45) is 0 Å². The summed E-state index contributed by atoms with van der Waals surface area (Å²) in [5.41, 5.74) is 1.18. The second kappa shape index (κ2) is 6.48. The fraction of sp³-hybridized carbons (Fsp3) is 0.200. The molecule has 2 aromatic rings. The lowest BCUT2D eigenvalue weighted by atomic mass is 10.1. The third-order valence-corrected chi connectivity index (χ3v) is 2.89. The van der Waals surface area contributed by atoms with Gasteiger partial charge in [-0.25, -0.2) is 4.98 Å².